The fourth-order valence-corrected chi connectivity index (χ4v) is 2.49. The number of urea groups is 1. The molecule has 1 aromatic carbocycles. The van der Waals surface area contributed by atoms with E-state index in [0.717, 1.165) is 17.1 Å². The van der Waals surface area contributed by atoms with Crippen LogP contribution in [-0.4, -0.2) is 35.1 Å². The number of nitrogens with one attached hydrogen (secondary N) is 1. The van der Waals surface area contributed by atoms with E-state index in [4.69, 9.17) is 4.74 Å². The van der Waals surface area contributed by atoms with E-state index in [-0.39, 0.29) is 12.1 Å². The zero-order valence-electron chi connectivity index (χ0n) is 13.7. The average Bonchev–Trinajstić information content (AvgIpc) is 2.46. The first-order valence-corrected chi connectivity index (χ1v) is 7.74. The van der Waals surface area contributed by atoms with Crippen molar-refractivity contribution in [1.29, 1.82) is 0 Å². The topological polar surface area (TPSA) is 54.5 Å². The molecule has 0 aliphatic carbocycles. The number of likely N-dealkylation sites (tertiary alicyclic amines) is 1. The number of pyridine rings is 1. The van der Waals surface area contributed by atoms with Gasteiger partial charge in [0.1, 0.15) is 11.9 Å². The van der Waals surface area contributed by atoms with Gasteiger partial charge in [-0.3, -0.25) is 4.98 Å². The maximum absolute atomic E-state index is 12.2. The lowest BCUT2D eigenvalue weighted by molar-refractivity contribution is 0.0492. The highest BCUT2D eigenvalue weighted by atomic mass is 16.5. The van der Waals surface area contributed by atoms with Gasteiger partial charge in [-0.1, -0.05) is 6.07 Å². The summed E-state index contributed by atoms with van der Waals surface area (Å²) in [6.07, 6.45) is 1.77. The normalized spacial score (nSPS) is 14.3. The first kappa shape index (κ1) is 15.3. The van der Waals surface area contributed by atoms with Crippen LogP contribution in [0.1, 0.15) is 16.8 Å². The van der Waals surface area contributed by atoms with Crippen molar-refractivity contribution in [3.63, 3.8) is 0 Å². The molecule has 0 spiro atoms. The van der Waals surface area contributed by atoms with Crippen LogP contribution in [0.25, 0.3) is 0 Å². The molecule has 2 aromatic rings. The van der Waals surface area contributed by atoms with E-state index in [1.807, 2.05) is 44.2 Å². The fraction of sp³-hybridized carbons (Fsp3) is 0.333. The van der Waals surface area contributed by atoms with Crippen LogP contribution in [0.3, 0.4) is 0 Å². The third kappa shape index (κ3) is 3.62. The molecule has 1 aromatic heterocycles. The van der Waals surface area contributed by atoms with E-state index in [2.05, 4.69) is 17.2 Å². The third-order valence-electron chi connectivity index (χ3n) is 4.06. The number of amides is 2. The van der Waals surface area contributed by atoms with Crippen LogP contribution < -0.4 is 10.1 Å². The lowest BCUT2D eigenvalue weighted by Gasteiger charge is -2.38. The van der Waals surface area contributed by atoms with Gasteiger partial charge in [-0.2, -0.15) is 0 Å². The standard InChI is InChI=1S/C18H21N3O2/c1-12-4-5-15(8-13(12)2)20-18(22)21-10-17(11-21)23-16-6-7-19-14(3)9-16/h4-9,17H,10-11H2,1-3H3,(H,20,22). The molecule has 1 aliphatic rings. The predicted molar refractivity (Wildman–Crippen MR) is 89.9 cm³/mol. The molecule has 0 bridgehead atoms. The molecule has 0 radical (unpaired) electrons. The number of aryl methyl sites for hydroxylation is 3. The Morgan fingerprint density at radius 3 is 2.65 bits per heavy atom. The number of benzene rings is 1. The number of carbonyl (C=O) groups is 1. The lowest BCUT2D eigenvalue weighted by atomic mass is 10.1. The summed E-state index contributed by atoms with van der Waals surface area (Å²) in [6, 6.07) is 9.58. The van der Waals surface area contributed by atoms with Crippen LogP contribution in [0.2, 0.25) is 0 Å². The summed E-state index contributed by atoms with van der Waals surface area (Å²) in [5.74, 6) is 0.803. The summed E-state index contributed by atoms with van der Waals surface area (Å²) in [4.78, 5) is 18.1. The minimum absolute atomic E-state index is 0.0438. The van der Waals surface area contributed by atoms with E-state index in [1.165, 1.54) is 11.1 Å². The Morgan fingerprint density at radius 1 is 1.17 bits per heavy atom. The van der Waals surface area contributed by atoms with Gasteiger partial charge in [-0.05, 0) is 50.1 Å². The Kier molecular flexibility index (Phi) is 4.19. The summed E-state index contributed by atoms with van der Waals surface area (Å²) < 4.78 is 5.83. The summed E-state index contributed by atoms with van der Waals surface area (Å²) in [5.41, 5.74) is 4.13. The predicted octanol–water partition coefficient (Wildman–Crippen LogP) is 3.30. The van der Waals surface area contributed by atoms with Crippen molar-refractivity contribution in [3.05, 3.63) is 53.3 Å². The molecule has 0 saturated carbocycles. The summed E-state index contributed by atoms with van der Waals surface area (Å²) in [6.45, 7) is 7.21. The Morgan fingerprint density at radius 2 is 1.96 bits per heavy atom. The van der Waals surface area contributed by atoms with Crippen LogP contribution in [-0.2, 0) is 0 Å². The monoisotopic (exact) mass is 311 g/mol. The number of ether oxygens (including phenoxy) is 1. The molecule has 23 heavy (non-hydrogen) atoms. The van der Waals surface area contributed by atoms with Crippen molar-refractivity contribution in [2.24, 2.45) is 0 Å². The number of anilines is 1. The zero-order valence-corrected chi connectivity index (χ0v) is 13.7. The molecule has 1 aliphatic heterocycles. The van der Waals surface area contributed by atoms with Crippen molar-refractivity contribution >= 4 is 11.7 Å². The minimum Gasteiger partial charge on any atom is -0.487 e. The molecule has 1 fully saturated rings. The molecule has 2 heterocycles. The molecule has 1 N–H and O–H groups in total. The Hall–Kier alpha value is -2.56. The van der Waals surface area contributed by atoms with E-state index in [0.29, 0.717) is 13.1 Å². The van der Waals surface area contributed by atoms with Gasteiger partial charge < -0.3 is 15.0 Å². The van der Waals surface area contributed by atoms with Gasteiger partial charge in [0, 0.05) is 23.6 Å². The first-order valence-electron chi connectivity index (χ1n) is 7.74. The van der Waals surface area contributed by atoms with Gasteiger partial charge in [-0.25, -0.2) is 4.79 Å². The number of hydrogen-bond donors (Lipinski definition) is 1. The molecular formula is C18H21N3O2. The van der Waals surface area contributed by atoms with E-state index < -0.39 is 0 Å². The van der Waals surface area contributed by atoms with Gasteiger partial charge in [-0.15, -0.1) is 0 Å². The highest BCUT2D eigenvalue weighted by Crippen LogP contribution is 2.20. The molecule has 0 unspecified atom stereocenters. The quantitative estimate of drug-likeness (QED) is 0.946. The molecule has 0 atom stereocenters. The van der Waals surface area contributed by atoms with Gasteiger partial charge >= 0.3 is 6.03 Å². The molecule has 120 valence electrons. The largest absolute Gasteiger partial charge is 0.487 e. The molecule has 1 saturated heterocycles. The number of rotatable bonds is 3. The number of hydrogen-bond acceptors (Lipinski definition) is 3. The van der Waals surface area contributed by atoms with Crippen LogP contribution in [0.4, 0.5) is 10.5 Å². The third-order valence-corrected chi connectivity index (χ3v) is 4.06. The lowest BCUT2D eigenvalue weighted by Crippen LogP contribution is -2.57. The van der Waals surface area contributed by atoms with Gasteiger partial charge in [0.15, 0.2) is 0 Å². The van der Waals surface area contributed by atoms with Crippen LogP contribution in [0, 0.1) is 20.8 Å². The summed E-state index contributed by atoms with van der Waals surface area (Å²) >= 11 is 0. The number of aromatic nitrogens is 1. The van der Waals surface area contributed by atoms with E-state index in [1.54, 1.807) is 11.1 Å². The van der Waals surface area contributed by atoms with Gasteiger partial charge in [0.25, 0.3) is 0 Å². The number of nitrogens with zero attached hydrogens (tertiary/aromatic N) is 2. The smallest absolute Gasteiger partial charge is 0.322 e. The summed E-state index contributed by atoms with van der Waals surface area (Å²) in [7, 11) is 0. The highest BCUT2D eigenvalue weighted by Gasteiger charge is 2.32. The van der Waals surface area contributed by atoms with Gasteiger partial charge in [0.2, 0.25) is 0 Å². The SMILES string of the molecule is Cc1cc(OC2CN(C(=O)Nc3ccc(C)c(C)c3)C2)ccn1. The van der Waals surface area contributed by atoms with Crippen molar-refractivity contribution in [2.75, 3.05) is 18.4 Å². The van der Waals surface area contributed by atoms with E-state index >= 15 is 0 Å². The van der Waals surface area contributed by atoms with E-state index in [9.17, 15) is 4.79 Å². The maximum Gasteiger partial charge on any atom is 0.322 e. The van der Waals surface area contributed by atoms with Crippen molar-refractivity contribution in [2.45, 2.75) is 26.9 Å². The van der Waals surface area contributed by atoms with Crippen molar-refractivity contribution in [3.8, 4) is 5.75 Å². The Bertz CT molecular complexity index is 724. The maximum atomic E-state index is 12.2. The highest BCUT2D eigenvalue weighted by molar-refractivity contribution is 5.90. The van der Waals surface area contributed by atoms with Gasteiger partial charge in [0.05, 0.1) is 13.1 Å². The molecule has 5 nitrogen and oxygen atoms in total. The second-order valence-corrected chi connectivity index (χ2v) is 6.01. The van der Waals surface area contributed by atoms with Crippen molar-refractivity contribution < 1.29 is 9.53 Å². The molecule has 2 amide bonds. The average molecular weight is 311 g/mol. The summed E-state index contributed by atoms with van der Waals surface area (Å²) in [5, 5.41) is 2.93. The Labute approximate surface area is 136 Å². The Balaban J connectivity index is 1.50. The second kappa shape index (κ2) is 6.28. The minimum atomic E-state index is -0.0842. The molecule has 5 heteroatoms. The molecule has 3 rings (SSSR count). The fourth-order valence-electron chi connectivity index (χ4n) is 2.49. The molecular weight excluding hydrogens is 290 g/mol. The van der Waals surface area contributed by atoms with Crippen LogP contribution >= 0.6 is 0 Å². The number of carbonyl (C=O) groups excluding carboxylic acids is 1. The van der Waals surface area contributed by atoms with Crippen LogP contribution in [0.15, 0.2) is 36.5 Å². The first-order chi connectivity index (χ1) is 11.0. The second-order valence-electron chi connectivity index (χ2n) is 6.01. The van der Waals surface area contributed by atoms with Crippen molar-refractivity contribution in [1.82, 2.24) is 9.88 Å². The van der Waals surface area contributed by atoms with Crippen LogP contribution in [0.5, 0.6) is 5.75 Å². The zero-order chi connectivity index (χ0) is 16.4.